The molecule has 1 fully saturated rings. The molecule has 0 spiro atoms. The first-order valence-electron chi connectivity index (χ1n) is 11.7. The van der Waals surface area contributed by atoms with E-state index in [-0.39, 0.29) is 23.3 Å². The number of hydrogen-bond acceptors (Lipinski definition) is 10. The number of aromatic nitrogens is 8. The first kappa shape index (κ1) is 23.6. The smallest absolute Gasteiger partial charge is 0.338 e. The van der Waals surface area contributed by atoms with Crippen LogP contribution in [-0.4, -0.2) is 65.3 Å². The molecule has 0 radical (unpaired) electrons. The van der Waals surface area contributed by atoms with Crippen LogP contribution >= 0.6 is 0 Å². The second-order valence-corrected chi connectivity index (χ2v) is 8.48. The Morgan fingerprint density at radius 1 is 0.895 bits per heavy atom. The Balaban J connectivity index is 1.37. The first-order valence-corrected chi connectivity index (χ1v) is 11.7. The van der Waals surface area contributed by atoms with Crippen molar-refractivity contribution in [3.05, 3.63) is 67.1 Å². The maximum atomic E-state index is 13.7. The summed E-state index contributed by atoms with van der Waals surface area (Å²) < 4.78 is 44.2. The highest BCUT2D eigenvalue weighted by molar-refractivity contribution is 5.64. The van der Waals surface area contributed by atoms with Gasteiger partial charge in [-0.05, 0) is 24.3 Å². The third-order valence-corrected chi connectivity index (χ3v) is 5.86. The minimum absolute atomic E-state index is 0.0850. The lowest BCUT2D eigenvalue weighted by atomic mass is 10.1. The zero-order valence-corrected chi connectivity index (χ0v) is 19.8. The molecule has 0 atom stereocenters. The van der Waals surface area contributed by atoms with Gasteiger partial charge >= 0.3 is 6.18 Å². The molecule has 0 unspecified atom stereocenters. The van der Waals surface area contributed by atoms with Crippen molar-refractivity contribution in [1.82, 2.24) is 44.4 Å². The molecule has 0 amide bonds. The number of anilines is 5. The lowest BCUT2D eigenvalue weighted by Gasteiger charge is -2.27. The van der Waals surface area contributed by atoms with Crippen LogP contribution in [-0.2, 0) is 6.18 Å². The first-order chi connectivity index (χ1) is 18.4. The van der Waals surface area contributed by atoms with E-state index >= 15 is 0 Å². The third kappa shape index (κ3) is 5.04. The van der Waals surface area contributed by atoms with E-state index in [4.69, 9.17) is 0 Å². The molecule has 38 heavy (non-hydrogen) atoms. The number of rotatable bonds is 6. The number of hydrogen-bond donors (Lipinski definition) is 3. The summed E-state index contributed by atoms with van der Waals surface area (Å²) in [4.78, 5) is 23.6. The Labute approximate surface area is 213 Å². The maximum Gasteiger partial charge on any atom is 0.416 e. The Bertz CT molecular complexity index is 1560. The van der Waals surface area contributed by atoms with Gasteiger partial charge in [0.1, 0.15) is 18.3 Å². The van der Waals surface area contributed by atoms with E-state index in [1.807, 2.05) is 33.8 Å². The third-order valence-electron chi connectivity index (χ3n) is 5.86. The molecule has 15 heteroatoms. The lowest BCUT2D eigenvalue weighted by molar-refractivity contribution is -0.137. The number of piperazine rings is 1. The predicted molar refractivity (Wildman–Crippen MR) is 133 cm³/mol. The second kappa shape index (κ2) is 9.59. The normalized spacial score (nSPS) is 14.1. The van der Waals surface area contributed by atoms with Crippen LogP contribution in [0.2, 0.25) is 0 Å². The maximum absolute atomic E-state index is 13.7. The van der Waals surface area contributed by atoms with Crippen LogP contribution in [0.4, 0.5) is 42.4 Å². The summed E-state index contributed by atoms with van der Waals surface area (Å²) in [5.41, 5.74) is 0.889. The van der Waals surface area contributed by atoms with E-state index in [0.717, 1.165) is 30.9 Å². The van der Waals surface area contributed by atoms with Crippen LogP contribution in [0.3, 0.4) is 0 Å². The fraction of sp³-hybridized carbons (Fsp3) is 0.217. The molecule has 4 aromatic heterocycles. The largest absolute Gasteiger partial charge is 0.416 e. The van der Waals surface area contributed by atoms with Crippen molar-refractivity contribution in [2.75, 3.05) is 41.7 Å². The van der Waals surface area contributed by atoms with Gasteiger partial charge in [0, 0.05) is 62.2 Å². The highest BCUT2D eigenvalue weighted by Gasteiger charge is 2.31. The number of imidazole rings is 1. The van der Waals surface area contributed by atoms with Crippen molar-refractivity contribution >= 4 is 34.9 Å². The summed E-state index contributed by atoms with van der Waals surface area (Å²) >= 11 is 0. The highest BCUT2D eigenvalue weighted by atomic mass is 19.4. The number of pyridine rings is 1. The van der Waals surface area contributed by atoms with Crippen LogP contribution in [0.1, 0.15) is 5.56 Å². The molecule has 5 aromatic rings. The van der Waals surface area contributed by atoms with E-state index in [0.29, 0.717) is 24.7 Å². The molecule has 3 N–H and O–H groups in total. The summed E-state index contributed by atoms with van der Waals surface area (Å²) in [6.45, 7) is 2.84. The van der Waals surface area contributed by atoms with E-state index in [9.17, 15) is 13.2 Å². The average molecular weight is 522 g/mol. The number of benzene rings is 1. The Morgan fingerprint density at radius 2 is 1.68 bits per heavy atom. The topological polar surface area (TPSA) is 126 Å². The molecule has 12 nitrogen and oxygen atoms in total. The fourth-order valence-electron chi connectivity index (χ4n) is 4.05. The zero-order valence-electron chi connectivity index (χ0n) is 19.8. The van der Waals surface area contributed by atoms with Gasteiger partial charge < -0.3 is 25.3 Å². The molecule has 1 aliphatic heterocycles. The van der Waals surface area contributed by atoms with E-state index in [1.54, 1.807) is 6.20 Å². The number of alkyl halides is 3. The number of nitrogens with one attached hydrogen (secondary N) is 3. The van der Waals surface area contributed by atoms with Crippen LogP contribution in [0, 0.1) is 0 Å². The fourth-order valence-corrected chi connectivity index (χ4v) is 4.05. The Hall–Kier alpha value is -4.79. The van der Waals surface area contributed by atoms with Gasteiger partial charge in [0.25, 0.3) is 0 Å². The second-order valence-electron chi connectivity index (χ2n) is 8.48. The number of halogens is 3. The van der Waals surface area contributed by atoms with Gasteiger partial charge in [-0.1, -0.05) is 0 Å². The molecule has 6 rings (SSSR count). The van der Waals surface area contributed by atoms with Crippen molar-refractivity contribution in [2.45, 2.75) is 6.18 Å². The van der Waals surface area contributed by atoms with Gasteiger partial charge in [-0.15, -0.1) is 0 Å². The van der Waals surface area contributed by atoms with Crippen molar-refractivity contribution in [3.8, 4) is 5.69 Å². The van der Waals surface area contributed by atoms with Gasteiger partial charge in [-0.3, -0.25) is 0 Å². The zero-order chi connectivity index (χ0) is 26.1. The van der Waals surface area contributed by atoms with Gasteiger partial charge in [-0.2, -0.15) is 33.2 Å². The van der Waals surface area contributed by atoms with Gasteiger partial charge in [0.05, 0.1) is 11.3 Å². The van der Waals surface area contributed by atoms with E-state index in [2.05, 4.69) is 46.0 Å². The van der Waals surface area contributed by atoms with Crippen LogP contribution in [0.15, 0.2) is 61.6 Å². The van der Waals surface area contributed by atoms with Crippen molar-refractivity contribution in [3.63, 3.8) is 0 Å². The van der Waals surface area contributed by atoms with E-state index < -0.39 is 11.7 Å². The van der Waals surface area contributed by atoms with Crippen LogP contribution in [0.5, 0.6) is 0 Å². The summed E-state index contributed by atoms with van der Waals surface area (Å²) in [5, 5.41) is 13.3. The molecule has 5 heterocycles. The molecular weight excluding hydrogens is 501 g/mol. The molecule has 0 saturated carbocycles. The molecular formula is C23H21F3N12. The molecule has 194 valence electrons. The predicted octanol–water partition coefficient (Wildman–Crippen LogP) is 3.02. The van der Waals surface area contributed by atoms with Crippen molar-refractivity contribution < 1.29 is 13.2 Å². The monoisotopic (exact) mass is 522 g/mol. The molecule has 0 aliphatic carbocycles. The van der Waals surface area contributed by atoms with Crippen molar-refractivity contribution in [1.29, 1.82) is 0 Å². The van der Waals surface area contributed by atoms with Crippen LogP contribution in [0.25, 0.3) is 11.3 Å². The number of fused-ring (bicyclic) bond motifs is 1. The Morgan fingerprint density at radius 3 is 2.42 bits per heavy atom. The minimum Gasteiger partial charge on any atom is -0.338 e. The quantitative estimate of drug-likeness (QED) is 0.306. The summed E-state index contributed by atoms with van der Waals surface area (Å²) in [6.07, 6.45) is 3.36. The summed E-state index contributed by atoms with van der Waals surface area (Å²) in [7, 11) is 0. The summed E-state index contributed by atoms with van der Waals surface area (Å²) in [6, 6.07) is 7.18. The van der Waals surface area contributed by atoms with Gasteiger partial charge in [-0.25, -0.2) is 14.6 Å². The Kier molecular flexibility index (Phi) is 5.95. The molecule has 1 saturated heterocycles. The summed E-state index contributed by atoms with van der Waals surface area (Å²) in [5.74, 6) is 0.717. The number of nitrogens with zero attached hydrogens (tertiary/aromatic N) is 9. The molecule has 1 aliphatic rings. The highest BCUT2D eigenvalue weighted by Crippen LogP contribution is 2.33. The molecule has 1 aromatic carbocycles. The van der Waals surface area contributed by atoms with Crippen LogP contribution < -0.4 is 20.9 Å². The van der Waals surface area contributed by atoms with E-state index in [1.165, 1.54) is 23.4 Å². The SMILES string of the molecule is FC(F)(F)c1cc(Nc2nc(Nc3ccn4ccnc4c3)nc(N3CCNCC3)n2)cc(-n2cncn2)c1. The van der Waals surface area contributed by atoms with Gasteiger partial charge in [0.15, 0.2) is 0 Å². The molecule has 0 bridgehead atoms. The standard InChI is InChI=1S/C23H21F3N12/c24-23(25,26)15-9-17(11-18(10-15)38-14-28-13-30-38)32-21-33-20(34-22(35-21)37-6-2-27-3-7-37)31-16-1-5-36-8-4-29-19(36)12-16/h1,4-5,8-14,27H,2-3,6-7H2,(H2,31,32,33,34,35). The lowest BCUT2D eigenvalue weighted by Crippen LogP contribution is -2.44. The van der Waals surface area contributed by atoms with Gasteiger partial charge in [0.2, 0.25) is 17.8 Å². The average Bonchev–Trinajstić information content (AvgIpc) is 3.61. The van der Waals surface area contributed by atoms with Crippen molar-refractivity contribution in [2.24, 2.45) is 0 Å². The minimum atomic E-state index is -4.57.